The highest BCUT2D eigenvalue weighted by Crippen LogP contribution is 2.22. The Morgan fingerprint density at radius 2 is 2.08 bits per heavy atom. The molecule has 0 spiro atoms. The molecule has 7 heteroatoms. The van der Waals surface area contributed by atoms with Crippen molar-refractivity contribution in [1.82, 2.24) is 19.4 Å². The van der Waals surface area contributed by atoms with Crippen LogP contribution in [0, 0.1) is 6.92 Å². The third kappa shape index (κ3) is 3.28. The summed E-state index contributed by atoms with van der Waals surface area (Å²) < 4.78 is 8.08. The van der Waals surface area contributed by atoms with Crippen LogP contribution in [0.3, 0.4) is 0 Å². The van der Waals surface area contributed by atoms with Gasteiger partial charge in [0.25, 0.3) is 5.91 Å². The number of ether oxygens (including phenoxy) is 1. The average molecular weight is 354 g/mol. The summed E-state index contributed by atoms with van der Waals surface area (Å²) in [6.45, 7) is 3.69. The predicted molar refractivity (Wildman–Crippen MR) is 94.7 cm³/mol. The van der Waals surface area contributed by atoms with Crippen molar-refractivity contribution in [2.45, 2.75) is 26.1 Å². The van der Waals surface area contributed by atoms with Gasteiger partial charge in [0.05, 0.1) is 24.5 Å². The van der Waals surface area contributed by atoms with Crippen molar-refractivity contribution >= 4 is 17.2 Å². The van der Waals surface area contributed by atoms with Gasteiger partial charge in [-0.2, -0.15) is 0 Å². The molecule has 1 aliphatic heterocycles. The van der Waals surface area contributed by atoms with Crippen molar-refractivity contribution in [2.75, 3.05) is 6.54 Å². The molecule has 0 N–H and O–H groups in total. The first-order valence-corrected chi connectivity index (χ1v) is 9.00. The lowest BCUT2D eigenvalue weighted by Gasteiger charge is -2.24. The largest absolute Gasteiger partial charge is 0.456 e. The highest BCUT2D eigenvalue weighted by Gasteiger charge is 2.28. The average Bonchev–Trinajstić information content (AvgIpc) is 3.20. The van der Waals surface area contributed by atoms with Crippen molar-refractivity contribution in [3.63, 3.8) is 0 Å². The molecule has 1 amide bonds. The van der Waals surface area contributed by atoms with Gasteiger partial charge in [0.1, 0.15) is 6.10 Å². The highest BCUT2D eigenvalue weighted by molar-refractivity contribution is 7.12. The minimum atomic E-state index is -0.208. The molecular weight excluding hydrogens is 336 g/mol. The molecule has 0 bridgehead atoms. The molecule has 3 aromatic rings. The van der Waals surface area contributed by atoms with Gasteiger partial charge < -0.3 is 14.2 Å². The van der Waals surface area contributed by atoms with Gasteiger partial charge in [-0.3, -0.25) is 4.79 Å². The summed E-state index contributed by atoms with van der Waals surface area (Å²) in [5.74, 6) is 0.0460. The van der Waals surface area contributed by atoms with E-state index >= 15 is 0 Å². The third-order valence-corrected chi connectivity index (χ3v) is 5.26. The number of carbonyl (C=O) groups excluding carboxylic acids is 1. The Morgan fingerprint density at radius 1 is 1.24 bits per heavy atom. The summed E-state index contributed by atoms with van der Waals surface area (Å²) in [6.07, 6.45) is 5.11. The van der Waals surface area contributed by atoms with Crippen molar-refractivity contribution in [3.8, 4) is 6.01 Å². The van der Waals surface area contributed by atoms with E-state index in [1.807, 2.05) is 41.6 Å². The van der Waals surface area contributed by atoms with Gasteiger partial charge in [0.15, 0.2) is 0 Å². The SMILES string of the molecule is Cc1ccsc1C(=O)N1Cc2cccn2CC(Oc2ncccn2)C1. The fourth-order valence-electron chi connectivity index (χ4n) is 3.01. The molecule has 3 aromatic heterocycles. The van der Waals surface area contributed by atoms with Crippen molar-refractivity contribution in [2.24, 2.45) is 0 Å². The lowest BCUT2D eigenvalue weighted by Crippen LogP contribution is -2.38. The Balaban J connectivity index is 1.61. The first-order valence-electron chi connectivity index (χ1n) is 8.12. The van der Waals surface area contributed by atoms with Crippen LogP contribution in [0.25, 0.3) is 0 Å². The number of fused-ring (bicyclic) bond motifs is 1. The number of aryl methyl sites for hydroxylation is 1. The van der Waals surface area contributed by atoms with E-state index in [2.05, 4.69) is 14.5 Å². The van der Waals surface area contributed by atoms with Crippen LogP contribution in [-0.2, 0) is 13.1 Å². The molecule has 1 unspecified atom stereocenters. The van der Waals surface area contributed by atoms with Crippen LogP contribution in [0.2, 0.25) is 0 Å². The van der Waals surface area contributed by atoms with Crippen LogP contribution in [0.4, 0.5) is 0 Å². The van der Waals surface area contributed by atoms with Crippen molar-refractivity contribution in [3.05, 3.63) is 64.4 Å². The van der Waals surface area contributed by atoms with Gasteiger partial charge in [-0.1, -0.05) is 0 Å². The van der Waals surface area contributed by atoms with E-state index in [1.165, 1.54) is 11.3 Å². The molecule has 0 fully saturated rings. The molecule has 0 saturated heterocycles. The van der Waals surface area contributed by atoms with Gasteiger partial charge in [0, 0.05) is 24.3 Å². The van der Waals surface area contributed by atoms with Gasteiger partial charge in [0.2, 0.25) is 0 Å². The second-order valence-corrected chi connectivity index (χ2v) is 6.96. The molecular formula is C18H18N4O2S. The molecule has 0 radical (unpaired) electrons. The minimum Gasteiger partial charge on any atom is -0.456 e. The number of thiophene rings is 1. The van der Waals surface area contributed by atoms with E-state index in [0.717, 1.165) is 16.1 Å². The fraction of sp³-hybridized carbons (Fsp3) is 0.278. The van der Waals surface area contributed by atoms with Gasteiger partial charge in [-0.05, 0) is 42.1 Å². The Labute approximate surface area is 149 Å². The molecule has 0 aliphatic carbocycles. The standard InChI is InChI=1S/C18H18N4O2S/c1-13-5-9-25-16(13)17(23)22-10-14-4-2-8-21(14)11-15(12-22)24-18-19-6-3-7-20-18/h2-9,15H,10-12H2,1H3. The zero-order valence-electron chi connectivity index (χ0n) is 13.8. The van der Waals surface area contributed by atoms with Crippen LogP contribution < -0.4 is 4.74 Å². The van der Waals surface area contributed by atoms with Crippen LogP contribution >= 0.6 is 11.3 Å². The van der Waals surface area contributed by atoms with E-state index in [1.54, 1.807) is 18.5 Å². The predicted octanol–water partition coefficient (Wildman–Crippen LogP) is 2.75. The second kappa shape index (κ2) is 6.68. The summed E-state index contributed by atoms with van der Waals surface area (Å²) in [4.78, 5) is 23.9. The van der Waals surface area contributed by atoms with E-state index in [4.69, 9.17) is 4.74 Å². The van der Waals surface area contributed by atoms with Crippen LogP contribution in [0.15, 0.2) is 48.2 Å². The third-order valence-electron chi connectivity index (χ3n) is 4.26. The smallest absolute Gasteiger partial charge is 0.316 e. The summed E-state index contributed by atoms with van der Waals surface area (Å²) in [6, 6.07) is 8.10. The zero-order valence-corrected chi connectivity index (χ0v) is 14.6. The number of nitrogens with zero attached hydrogens (tertiary/aromatic N) is 4. The van der Waals surface area contributed by atoms with Crippen LogP contribution in [-0.4, -0.2) is 38.0 Å². The van der Waals surface area contributed by atoms with Crippen molar-refractivity contribution in [1.29, 1.82) is 0 Å². The summed E-state index contributed by atoms with van der Waals surface area (Å²) in [7, 11) is 0. The summed E-state index contributed by atoms with van der Waals surface area (Å²) in [5, 5.41) is 1.95. The number of rotatable bonds is 3. The number of carbonyl (C=O) groups is 1. The van der Waals surface area contributed by atoms with Gasteiger partial charge in [-0.15, -0.1) is 11.3 Å². The molecule has 128 valence electrons. The quantitative estimate of drug-likeness (QED) is 0.726. The molecule has 6 nitrogen and oxygen atoms in total. The molecule has 1 aliphatic rings. The Kier molecular flexibility index (Phi) is 4.23. The maximum Gasteiger partial charge on any atom is 0.316 e. The number of hydrogen-bond acceptors (Lipinski definition) is 5. The zero-order chi connectivity index (χ0) is 17.2. The lowest BCUT2D eigenvalue weighted by molar-refractivity contribution is 0.0643. The summed E-state index contributed by atoms with van der Waals surface area (Å²) in [5.41, 5.74) is 2.11. The number of amides is 1. The molecule has 4 rings (SSSR count). The Hall–Kier alpha value is -2.67. The number of aromatic nitrogens is 3. The number of hydrogen-bond donors (Lipinski definition) is 0. The minimum absolute atomic E-state index is 0.0460. The first kappa shape index (κ1) is 15.8. The fourth-order valence-corrected chi connectivity index (χ4v) is 3.91. The van der Waals surface area contributed by atoms with Crippen LogP contribution in [0.5, 0.6) is 6.01 Å². The maximum atomic E-state index is 13.0. The van der Waals surface area contributed by atoms with E-state index in [-0.39, 0.29) is 12.0 Å². The Bertz CT molecular complexity index is 874. The van der Waals surface area contributed by atoms with Gasteiger partial charge >= 0.3 is 6.01 Å². The lowest BCUT2D eigenvalue weighted by atomic mass is 10.2. The molecule has 4 heterocycles. The monoisotopic (exact) mass is 354 g/mol. The van der Waals surface area contributed by atoms with E-state index in [9.17, 15) is 4.79 Å². The Morgan fingerprint density at radius 3 is 2.84 bits per heavy atom. The van der Waals surface area contributed by atoms with E-state index < -0.39 is 0 Å². The molecule has 0 aromatic carbocycles. The van der Waals surface area contributed by atoms with Crippen LogP contribution in [0.1, 0.15) is 20.9 Å². The molecule has 0 saturated carbocycles. The topological polar surface area (TPSA) is 60.2 Å². The summed E-state index contributed by atoms with van der Waals surface area (Å²) >= 11 is 1.48. The van der Waals surface area contributed by atoms with E-state index in [0.29, 0.717) is 25.6 Å². The second-order valence-electron chi connectivity index (χ2n) is 6.04. The highest BCUT2D eigenvalue weighted by atomic mass is 32.1. The first-order chi connectivity index (χ1) is 12.2. The van der Waals surface area contributed by atoms with Gasteiger partial charge in [-0.25, -0.2) is 9.97 Å². The van der Waals surface area contributed by atoms with Crippen molar-refractivity contribution < 1.29 is 9.53 Å². The normalized spacial score (nSPS) is 17.0. The molecule has 25 heavy (non-hydrogen) atoms. The maximum absolute atomic E-state index is 13.0. The molecule has 1 atom stereocenters.